The number of thioether (sulfide) groups is 1. The van der Waals surface area contributed by atoms with Gasteiger partial charge in [-0.25, -0.2) is 0 Å². The molecule has 1 amide bonds. The molecule has 0 bridgehead atoms. The molecule has 0 radical (unpaired) electrons. The molecule has 5 nitrogen and oxygen atoms in total. The first-order valence-electron chi connectivity index (χ1n) is 6.84. The van der Waals surface area contributed by atoms with Crippen LogP contribution in [0.5, 0.6) is 0 Å². The number of hydrogen-bond donors (Lipinski definition) is 2. The fourth-order valence-corrected chi connectivity index (χ4v) is 4.24. The molecule has 0 fully saturated rings. The van der Waals surface area contributed by atoms with Gasteiger partial charge in [-0.3, -0.25) is 4.79 Å². The lowest BCUT2D eigenvalue weighted by atomic mass is 10.3. The van der Waals surface area contributed by atoms with Crippen LogP contribution in [0, 0.1) is 0 Å². The van der Waals surface area contributed by atoms with E-state index in [1.807, 2.05) is 18.4 Å². The van der Waals surface area contributed by atoms with Gasteiger partial charge in [0.15, 0.2) is 4.34 Å². The second kappa shape index (κ2) is 8.92. The summed E-state index contributed by atoms with van der Waals surface area (Å²) in [5, 5.41) is 16.7. The molecule has 8 heteroatoms. The van der Waals surface area contributed by atoms with E-state index in [9.17, 15) is 4.79 Å². The predicted molar refractivity (Wildman–Crippen MR) is 94.9 cm³/mol. The number of nitrogens with one attached hydrogen (secondary N) is 2. The Bertz CT molecular complexity index is 597. The summed E-state index contributed by atoms with van der Waals surface area (Å²) in [7, 11) is 0. The van der Waals surface area contributed by atoms with Gasteiger partial charge < -0.3 is 10.6 Å². The van der Waals surface area contributed by atoms with Crippen LogP contribution < -0.4 is 10.6 Å². The van der Waals surface area contributed by atoms with Crippen molar-refractivity contribution in [2.75, 3.05) is 18.4 Å². The average Bonchev–Trinajstić information content (AvgIpc) is 3.16. The molecule has 0 aliphatic rings. The normalized spacial score (nSPS) is 11.9. The molecule has 118 valence electrons. The maximum absolute atomic E-state index is 12.1. The number of carbonyl (C=O) groups excluding carboxylic acids is 1. The van der Waals surface area contributed by atoms with Crippen LogP contribution in [0.3, 0.4) is 0 Å². The lowest BCUT2D eigenvalue weighted by Gasteiger charge is -2.09. The Balaban J connectivity index is 1.73. The predicted octanol–water partition coefficient (Wildman–Crippen LogP) is 3.04. The number of anilines is 1. The number of amides is 1. The van der Waals surface area contributed by atoms with Crippen molar-refractivity contribution < 1.29 is 4.79 Å². The Kier molecular flexibility index (Phi) is 6.88. The van der Waals surface area contributed by atoms with Crippen molar-refractivity contribution in [1.82, 2.24) is 15.5 Å². The lowest BCUT2D eigenvalue weighted by Crippen LogP contribution is -2.32. The van der Waals surface area contributed by atoms with Gasteiger partial charge in [0.05, 0.1) is 5.25 Å². The van der Waals surface area contributed by atoms with Crippen LogP contribution in [0.4, 0.5) is 5.13 Å². The standard InChI is InChI=1S/C14H18N4OS3/c1-3-7-16-13-17-18-14(22-13)21-10(2)12(19)15-8-6-11-5-4-9-20-11/h3-5,9-10H,1,6-8H2,2H3,(H,15,19)(H,16,17). The molecule has 0 spiro atoms. The van der Waals surface area contributed by atoms with Gasteiger partial charge in [-0.2, -0.15) is 0 Å². The number of rotatable bonds is 9. The number of hydrogen-bond acceptors (Lipinski definition) is 7. The highest BCUT2D eigenvalue weighted by Gasteiger charge is 2.16. The minimum atomic E-state index is -0.191. The molecule has 2 N–H and O–H groups in total. The second-order valence-electron chi connectivity index (χ2n) is 4.42. The molecule has 2 rings (SSSR count). The number of thiophene rings is 1. The number of nitrogens with zero attached hydrogens (tertiary/aromatic N) is 2. The maximum atomic E-state index is 12.1. The van der Waals surface area contributed by atoms with Crippen LogP contribution in [-0.4, -0.2) is 34.4 Å². The van der Waals surface area contributed by atoms with E-state index in [1.165, 1.54) is 28.0 Å². The van der Waals surface area contributed by atoms with Crippen LogP contribution in [-0.2, 0) is 11.2 Å². The fourth-order valence-electron chi connectivity index (χ4n) is 1.60. The van der Waals surface area contributed by atoms with E-state index in [1.54, 1.807) is 17.4 Å². The second-order valence-corrected chi connectivity index (χ2v) is 8.02. The molecule has 1 unspecified atom stereocenters. The number of aromatic nitrogens is 2. The highest BCUT2D eigenvalue weighted by Crippen LogP contribution is 2.28. The van der Waals surface area contributed by atoms with Crippen LogP contribution in [0.15, 0.2) is 34.5 Å². The first-order chi connectivity index (χ1) is 10.7. The van der Waals surface area contributed by atoms with Gasteiger partial charge in [0.25, 0.3) is 0 Å². The first kappa shape index (κ1) is 17.0. The molecule has 2 heterocycles. The Labute approximate surface area is 142 Å². The topological polar surface area (TPSA) is 66.9 Å². The van der Waals surface area contributed by atoms with Crippen molar-refractivity contribution in [2.45, 2.75) is 22.9 Å². The van der Waals surface area contributed by atoms with Gasteiger partial charge >= 0.3 is 0 Å². The molecule has 0 aliphatic carbocycles. The van der Waals surface area contributed by atoms with E-state index in [0.29, 0.717) is 13.1 Å². The summed E-state index contributed by atoms with van der Waals surface area (Å²) in [4.78, 5) is 13.3. The quantitative estimate of drug-likeness (QED) is 0.535. The van der Waals surface area contributed by atoms with E-state index in [4.69, 9.17) is 0 Å². The van der Waals surface area contributed by atoms with Crippen molar-refractivity contribution >= 4 is 45.5 Å². The van der Waals surface area contributed by atoms with E-state index >= 15 is 0 Å². The Morgan fingerprint density at radius 3 is 3.14 bits per heavy atom. The van der Waals surface area contributed by atoms with E-state index in [2.05, 4.69) is 33.5 Å². The van der Waals surface area contributed by atoms with Crippen molar-refractivity contribution in [1.29, 1.82) is 0 Å². The zero-order chi connectivity index (χ0) is 15.8. The summed E-state index contributed by atoms with van der Waals surface area (Å²) in [6.45, 7) is 6.83. The third-order valence-corrected chi connectivity index (χ3v) is 5.70. The van der Waals surface area contributed by atoms with Crippen LogP contribution in [0.25, 0.3) is 0 Å². The Morgan fingerprint density at radius 1 is 1.55 bits per heavy atom. The van der Waals surface area contributed by atoms with E-state index in [0.717, 1.165) is 15.9 Å². The van der Waals surface area contributed by atoms with Crippen molar-refractivity contribution in [3.05, 3.63) is 35.0 Å². The van der Waals surface area contributed by atoms with Crippen molar-refractivity contribution in [3.8, 4) is 0 Å². The smallest absolute Gasteiger partial charge is 0.233 e. The molecule has 2 aromatic rings. The lowest BCUT2D eigenvalue weighted by molar-refractivity contribution is -0.120. The maximum Gasteiger partial charge on any atom is 0.233 e. The SMILES string of the molecule is C=CCNc1nnc(SC(C)C(=O)NCCc2cccs2)s1. The highest BCUT2D eigenvalue weighted by atomic mass is 32.2. The molecule has 1 atom stereocenters. The van der Waals surface area contributed by atoms with Gasteiger partial charge in [0, 0.05) is 18.0 Å². The van der Waals surface area contributed by atoms with Crippen LogP contribution in [0.2, 0.25) is 0 Å². The Morgan fingerprint density at radius 2 is 2.41 bits per heavy atom. The molecule has 0 saturated heterocycles. The molecule has 22 heavy (non-hydrogen) atoms. The van der Waals surface area contributed by atoms with E-state index in [-0.39, 0.29) is 11.2 Å². The zero-order valence-corrected chi connectivity index (χ0v) is 14.7. The van der Waals surface area contributed by atoms with Gasteiger partial charge in [-0.1, -0.05) is 35.2 Å². The van der Waals surface area contributed by atoms with Crippen molar-refractivity contribution in [3.63, 3.8) is 0 Å². The van der Waals surface area contributed by atoms with E-state index < -0.39 is 0 Å². The van der Waals surface area contributed by atoms with Gasteiger partial charge in [-0.15, -0.1) is 28.1 Å². The molecular weight excluding hydrogens is 336 g/mol. The summed E-state index contributed by atoms with van der Waals surface area (Å²) < 4.78 is 0.785. The largest absolute Gasteiger partial charge is 0.357 e. The third kappa shape index (κ3) is 5.43. The first-order valence-corrected chi connectivity index (χ1v) is 9.41. The van der Waals surface area contributed by atoms with Gasteiger partial charge in [-0.05, 0) is 24.8 Å². The molecule has 0 aliphatic heterocycles. The minimum absolute atomic E-state index is 0.0253. The molecule has 2 aromatic heterocycles. The highest BCUT2D eigenvalue weighted by molar-refractivity contribution is 8.02. The average molecular weight is 355 g/mol. The summed E-state index contributed by atoms with van der Waals surface area (Å²) in [6, 6.07) is 4.10. The minimum Gasteiger partial charge on any atom is -0.357 e. The number of carbonyl (C=O) groups is 1. The fraction of sp³-hybridized carbons (Fsp3) is 0.357. The van der Waals surface area contributed by atoms with Crippen LogP contribution >= 0.6 is 34.4 Å². The summed E-state index contributed by atoms with van der Waals surface area (Å²) >= 11 is 4.58. The monoisotopic (exact) mass is 354 g/mol. The molecule has 0 saturated carbocycles. The van der Waals surface area contributed by atoms with Gasteiger partial charge in [0.2, 0.25) is 11.0 Å². The third-order valence-electron chi connectivity index (χ3n) is 2.70. The molecule has 0 aromatic carbocycles. The summed E-state index contributed by atoms with van der Waals surface area (Å²) in [5.41, 5.74) is 0. The zero-order valence-electron chi connectivity index (χ0n) is 12.2. The van der Waals surface area contributed by atoms with Gasteiger partial charge in [0.1, 0.15) is 0 Å². The summed E-state index contributed by atoms with van der Waals surface area (Å²) in [6.07, 6.45) is 2.63. The van der Waals surface area contributed by atoms with Crippen LogP contribution in [0.1, 0.15) is 11.8 Å². The van der Waals surface area contributed by atoms with Crippen molar-refractivity contribution in [2.24, 2.45) is 0 Å². The summed E-state index contributed by atoms with van der Waals surface area (Å²) in [5.74, 6) is 0.0253. The molecular formula is C14H18N4OS3. The Hall–Kier alpha value is -1.38.